The summed E-state index contributed by atoms with van der Waals surface area (Å²) in [6, 6.07) is 3.88. The summed E-state index contributed by atoms with van der Waals surface area (Å²) in [5.41, 5.74) is 2.70. The Labute approximate surface area is 144 Å². The van der Waals surface area contributed by atoms with Gasteiger partial charge in [0.25, 0.3) is 0 Å². The molecule has 3 nitrogen and oxygen atoms in total. The van der Waals surface area contributed by atoms with E-state index in [2.05, 4.69) is 13.0 Å². The minimum absolute atomic E-state index is 0.567. The van der Waals surface area contributed by atoms with Gasteiger partial charge in [-0.25, -0.2) is 0 Å². The van der Waals surface area contributed by atoms with Gasteiger partial charge in [0.2, 0.25) is 0 Å². The highest BCUT2D eigenvalue weighted by Crippen LogP contribution is 2.15. The van der Waals surface area contributed by atoms with Gasteiger partial charge >= 0.3 is 0 Å². The highest BCUT2D eigenvalue weighted by Gasteiger charge is 2.13. The SMILES string of the molecule is C/C(=C\CCc1ccoc1)C/C=C/[C@@](C)(O)C/C=C/c1ccoc1. The fourth-order valence-corrected chi connectivity index (χ4v) is 2.37. The maximum absolute atomic E-state index is 10.4. The molecule has 2 aromatic heterocycles. The summed E-state index contributed by atoms with van der Waals surface area (Å²) < 4.78 is 10.1. The van der Waals surface area contributed by atoms with Crippen molar-refractivity contribution in [2.45, 2.75) is 45.1 Å². The number of aryl methyl sites for hydroxylation is 1. The maximum atomic E-state index is 10.4. The third-order valence-corrected chi connectivity index (χ3v) is 3.81. The molecule has 2 aromatic rings. The average molecular weight is 326 g/mol. The van der Waals surface area contributed by atoms with Crippen molar-refractivity contribution in [2.75, 3.05) is 0 Å². The Morgan fingerprint density at radius 1 is 1.17 bits per heavy atom. The molecule has 0 spiro atoms. The number of hydrogen-bond donors (Lipinski definition) is 1. The van der Waals surface area contributed by atoms with Crippen LogP contribution >= 0.6 is 0 Å². The number of hydrogen-bond acceptors (Lipinski definition) is 3. The zero-order valence-electron chi connectivity index (χ0n) is 14.4. The van der Waals surface area contributed by atoms with E-state index in [4.69, 9.17) is 8.83 Å². The fourth-order valence-electron chi connectivity index (χ4n) is 2.37. The summed E-state index contributed by atoms with van der Waals surface area (Å²) in [5, 5.41) is 10.4. The lowest BCUT2D eigenvalue weighted by Crippen LogP contribution is -2.19. The molecule has 0 unspecified atom stereocenters. The van der Waals surface area contributed by atoms with E-state index in [0.29, 0.717) is 6.42 Å². The van der Waals surface area contributed by atoms with Crippen molar-refractivity contribution in [3.63, 3.8) is 0 Å². The standard InChI is InChI=1S/C21H26O3/c1-18(6-3-8-19-10-14-23-16-19)7-4-12-21(2,22)13-5-9-20-11-15-24-17-20/h4-6,9-12,14-17,22H,3,7-8,13H2,1-2H3/b9-5+,12-4+,18-6+/t21-/m1/s1. The number of allylic oxidation sites excluding steroid dienone is 3. The van der Waals surface area contributed by atoms with Crippen molar-refractivity contribution in [3.8, 4) is 0 Å². The zero-order valence-corrected chi connectivity index (χ0v) is 14.4. The Morgan fingerprint density at radius 3 is 2.67 bits per heavy atom. The van der Waals surface area contributed by atoms with E-state index in [1.54, 1.807) is 25.1 Å². The molecule has 0 aromatic carbocycles. The lowest BCUT2D eigenvalue weighted by Gasteiger charge is -2.16. The van der Waals surface area contributed by atoms with E-state index in [0.717, 1.165) is 24.8 Å². The molecular weight excluding hydrogens is 300 g/mol. The maximum Gasteiger partial charge on any atom is 0.0974 e. The van der Waals surface area contributed by atoms with Gasteiger partial charge in [0.1, 0.15) is 0 Å². The molecule has 0 fully saturated rings. The van der Waals surface area contributed by atoms with Crippen LogP contribution in [0, 0.1) is 0 Å². The van der Waals surface area contributed by atoms with Gasteiger partial charge in [-0.3, -0.25) is 0 Å². The highest BCUT2D eigenvalue weighted by atomic mass is 16.3. The van der Waals surface area contributed by atoms with E-state index in [9.17, 15) is 5.11 Å². The number of furan rings is 2. The predicted molar refractivity (Wildman–Crippen MR) is 97.5 cm³/mol. The molecule has 2 heterocycles. The monoisotopic (exact) mass is 326 g/mol. The molecule has 0 amide bonds. The molecule has 1 N–H and O–H groups in total. The number of aliphatic hydroxyl groups is 1. The summed E-state index contributed by atoms with van der Waals surface area (Å²) >= 11 is 0. The predicted octanol–water partition coefficient (Wildman–Crippen LogP) is 5.55. The molecule has 0 radical (unpaired) electrons. The molecule has 128 valence electrons. The average Bonchev–Trinajstić information content (AvgIpc) is 3.20. The van der Waals surface area contributed by atoms with Crippen molar-refractivity contribution in [1.29, 1.82) is 0 Å². The highest BCUT2D eigenvalue weighted by molar-refractivity contribution is 5.47. The Hall–Kier alpha value is -2.26. The van der Waals surface area contributed by atoms with Gasteiger partial charge in [0.05, 0.1) is 30.7 Å². The second kappa shape index (κ2) is 9.14. The molecule has 1 atom stereocenters. The fraction of sp³-hybridized carbons (Fsp3) is 0.333. The lowest BCUT2D eigenvalue weighted by atomic mass is 10.00. The second-order valence-electron chi connectivity index (χ2n) is 6.35. The van der Waals surface area contributed by atoms with Crippen LogP contribution in [0.4, 0.5) is 0 Å². The van der Waals surface area contributed by atoms with E-state index in [1.165, 1.54) is 11.1 Å². The summed E-state index contributed by atoms with van der Waals surface area (Å²) in [7, 11) is 0. The minimum atomic E-state index is -0.836. The van der Waals surface area contributed by atoms with Crippen molar-refractivity contribution < 1.29 is 13.9 Å². The van der Waals surface area contributed by atoms with E-state index < -0.39 is 5.60 Å². The van der Waals surface area contributed by atoms with Gasteiger partial charge in [0.15, 0.2) is 0 Å². The minimum Gasteiger partial charge on any atom is -0.472 e. The molecule has 0 aliphatic carbocycles. The second-order valence-corrected chi connectivity index (χ2v) is 6.35. The van der Waals surface area contributed by atoms with Crippen molar-refractivity contribution in [2.24, 2.45) is 0 Å². The first-order valence-electron chi connectivity index (χ1n) is 8.31. The normalized spacial score (nSPS) is 15.4. The molecule has 3 heteroatoms. The topological polar surface area (TPSA) is 46.5 Å². The molecule has 24 heavy (non-hydrogen) atoms. The van der Waals surface area contributed by atoms with Gasteiger partial charge in [-0.2, -0.15) is 0 Å². The Kier molecular flexibility index (Phi) is 6.89. The molecule has 0 aliphatic heterocycles. The first-order valence-corrected chi connectivity index (χ1v) is 8.31. The molecule has 0 saturated carbocycles. The van der Waals surface area contributed by atoms with E-state index in [-0.39, 0.29) is 0 Å². The van der Waals surface area contributed by atoms with Crippen LogP contribution in [0.15, 0.2) is 75.9 Å². The van der Waals surface area contributed by atoms with Crippen LogP contribution in [0.5, 0.6) is 0 Å². The van der Waals surface area contributed by atoms with Crippen molar-refractivity contribution >= 4 is 6.08 Å². The van der Waals surface area contributed by atoms with Crippen LogP contribution < -0.4 is 0 Å². The molecule has 0 aliphatic rings. The van der Waals surface area contributed by atoms with Crippen molar-refractivity contribution in [3.05, 3.63) is 78.2 Å². The molecular formula is C21H26O3. The van der Waals surface area contributed by atoms with Gasteiger partial charge in [-0.05, 0) is 57.2 Å². The first kappa shape index (κ1) is 18.1. The first-order chi connectivity index (χ1) is 11.6. The van der Waals surface area contributed by atoms with Crippen LogP contribution in [0.2, 0.25) is 0 Å². The van der Waals surface area contributed by atoms with Gasteiger partial charge < -0.3 is 13.9 Å². The molecule has 0 saturated heterocycles. The van der Waals surface area contributed by atoms with Crippen LogP contribution in [0.25, 0.3) is 6.08 Å². The largest absolute Gasteiger partial charge is 0.472 e. The zero-order chi connectivity index (χ0) is 17.3. The van der Waals surface area contributed by atoms with Gasteiger partial charge in [-0.1, -0.05) is 36.0 Å². The van der Waals surface area contributed by atoms with E-state index in [1.807, 2.05) is 43.4 Å². The molecule has 2 rings (SSSR count). The summed E-state index contributed by atoms with van der Waals surface area (Å²) in [4.78, 5) is 0. The third-order valence-electron chi connectivity index (χ3n) is 3.81. The lowest BCUT2D eigenvalue weighted by molar-refractivity contribution is 0.115. The van der Waals surface area contributed by atoms with Crippen LogP contribution in [-0.2, 0) is 6.42 Å². The Morgan fingerprint density at radius 2 is 1.96 bits per heavy atom. The van der Waals surface area contributed by atoms with Crippen molar-refractivity contribution in [1.82, 2.24) is 0 Å². The summed E-state index contributed by atoms with van der Waals surface area (Å²) in [5.74, 6) is 0. The van der Waals surface area contributed by atoms with Crippen LogP contribution in [0.1, 0.15) is 44.2 Å². The summed E-state index contributed by atoms with van der Waals surface area (Å²) in [6.07, 6.45) is 20.3. The van der Waals surface area contributed by atoms with Gasteiger partial charge in [-0.15, -0.1) is 0 Å². The van der Waals surface area contributed by atoms with E-state index >= 15 is 0 Å². The Bertz CT molecular complexity index is 656. The van der Waals surface area contributed by atoms with Gasteiger partial charge in [0, 0.05) is 5.56 Å². The Balaban J connectivity index is 1.72. The smallest absolute Gasteiger partial charge is 0.0974 e. The van der Waals surface area contributed by atoms with Crippen LogP contribution in [-0.4, -0.2) is 10.7 Å². The summed E-state index contributed by atoms with van der Waals surface area (Å²) in [6.45, 7) is 3.94. The number of rotatable bonds is 9. The molecule has 0 bridgehead atoms. The quantitative estimate of drug-likeness (QED) is 0.614. The third kappa shape index (κ3) is 6.88. The van der Waals surface area contributed by atoms with Crippen LogP contribution in [0.3, 0.4) is 0 Å².